The highest BCUT2D eigenvalue weighted by atomic mass is 16.3. The molecule has 0 aromatic heterocycles. The van der Waals surface area contributed by atoms with Gasteiger partial charge < -0.3 is 15.5 Å². The molecule has 4 heteroatoms. The zero-order valence-corrected chi connectivity index (χ0v) is 11.4. The molecule has 1 unspecified atom stereocenters. The average Bonchev–Trinajstić information content (AvgIpc) is 2.43. The van der Waals surface area contributed by atoms with Crippen molar-refractivity contribution in [3.05, 3.63) is 53.6 Å². The Hall–Kier alpha value is -2.49. The summed E-state index contributed by atoms with van der Waals surface area (Å²) in [6.45, 7) is 3.72. The molecule has 0 spiro atoms. The number of hydrogen-bond acceptors (Lipinski definition) is 3. The molecule has 2 aromatic carbocycles. The minimum Gasteiger partial charge on any atom is -0.504 e. The number of anilines is 1. The Morgan fingerprint density at radius 3 is 2.30 bits per heavy atom. The highest BCUT2D eigenvalue weighted by Crippen LogP contribution is 2.29. The number of amides is 1. The third-order valence-corrected chi connectivity index (χ3v) is 3.21. The predicted octanol–water partition coefficient (Wildman–Crippen LogP) is 3.15. The number of hydrogen-bond donors (Lipinski definition) is 3. The summed E-state index contributed by atoms with van der Waals surface area (Å²) in [5.74, 6) is -1.01. The van der Waals surface area contributed by atoms with Crippen molar-refractivity contribution in [3.8, 4) is 11.5 Å². The summed E-state index contributed by atoms with van der Waals surface area (Å²) in [6.07, 6.45) is 0. The zero-order chi connectivity index (χ0) is 14.7. The minimum absolute atomic E-state index is 0.168. The molecule has 0 saturated carbocycles. The van der Waals surface area contributed by atoms with Gasteiger partial charge >= 0.3 is 0 Å². The first kappa shape index (κ1) is 13.9. The van der Waals surface area contributed by atoms with E-state index in [1.165, 1.54) is 12.1 Å². The number of phenols is 2. The number of benzene rings is 2. The van der Waals surface area contributed by atoms with Crippen molar-refractivity contribution in [2.45, 2.75) is 19.8 Å². The van der Waals surface area contributed by atoms with E-state index in [-0.39, 0.29) is 17.4 Å². The van der Waals surface area contributed by atoms with Gasteiger partial charge in [0.1, 0.15) is 0 Å². The van der Waals surface area contributed by atoms with Crippen LogP contribution in [-0.4, -0.2) is 16.1 Å². The van der Waals surface area contributed by atoms with Gasteiger partial charge in [-0.05, 0) is 43.7 Å². The van der Waals surface area contributed by atoms with Gasteiger partial charge in [0.15, 0.2) is 11.5 Å². The number of rotatable bonds is 3. The monoisotopic (exact) mass is 271 g/mol. The average molecular weight is 271 g/mol. The number of phenolic OH excluding ortho intramolecular Hbond substituents is 2. The molecule has 0 saturated heterocycles. The van der Waals surface area contributed by atoms with Crippen LogP contribution in [0.2, 0.25) is 0 Å². The van der Waals surface area contributed by atoms with Crippen LogP contribution in [0.25, 0.3) is 0 Å². The summed E-state index contributed by atoms with van der Waals surface area (Å²) in [7, 11) is 0. The fourth-order valence-electron chi connectivity index (χ4n) is 1.85. The summed E-state index contributed by atoms with van der Waals surface area (Å²) in [4.78, 5) is 12.1. The standard InChI is InChI=1S/C16H17NO3/c1-10-3-6-13(7-4-10)17-16(20)11(2)12-5-8-14(18)15(19)9-12/h3-9,11,18-19H,1-2H3,(H,17,20). The molecule has 20 heavy (non-hydrogen) atoms. The highest BCUT2D eigenvalue weighted by Gasteiger charge is 2.16. The van der Waals surface area contributed by atoms with Crippen molar-refractivity contribution in [2.75, 3.05) is 5.32 Å². The molecule has 0 bridgehead atoms. The third kappa shape index (κ3) is 3.09. The molecule has 2 rings (SSSR count). The Bertz CT molecular complexity index is 620. The van der Waals surface area contributed by atoms with Gasteiger partial charge in [-0.2, -0.15) is 0 Å². The first-order valence-corrected chi connectivity index (χ1v) is 6.37. The second kappa shape index (κ2) is 5.65. The first-order valence-electron chi connectivity index (χ1n) is 6.37. The quantitative estimate of drug-likeness (QED) is 0.751. The molecule has 0 aliphatic heterocycles. The second-order valence-electron chi connectivity index (χ2n) is 4.83. The lowest BCUT2D eigenvalue weighted by molar-refractivity contribution is -0.117. The van der Waals surface area contributed by atoms with E-state index in [2.05, 4.69) is 5.32 Å². The predicted molar refractivity (Wildman–Crippen MR) is 78.0 cm³/mol. The van der Waals surface area contributed by atoms with E-state index in [1.54, 1.807) is 13.0 Å². The van der Waals surface area contributed by atoms with Crippen molar-refractivity contribution in [1.82, 2.24) is 0 Å². The third-order valence-electron chi connectivity index (χ3n) is 3.21. The largest absolute Gasteiger partial charge is 0.504 e. The number of aromatic hydroxyl groups is 2. The van der Waals surface area contributed by atoms with Gasteiger partial charge in [-0.25, -0.2) is 0 Å². The summed E-state index contributed by atoms with van der Waals surface area (Å²) in [5.41, 5.74) is 2.50. The molecule has 3 N–H and O–H groups in total. The summed E-state index contributed by atoms with van der Waals surface area (Å²) in [5, 5.41) is 21.6. The molecule has 1 amide bonds. The Labute approximate surface area is 117 Å². The van der Waals surface area contributed by atoms with Gasteiger partial charge in [-0.3, -0.25) is 4.79 Å². The Balaban J connectivity index is 2.11. The van der Waals surface area contributed by atoms with Crippen molar-refractivity contribution >= 4 is 11.6 Å². The molecule has 104 valence electrons. The van der Waals surface area contributed by atoms with E-state index in [4.69, 9.17) is 0 Å². The summed E-state index contributed by atoms with van der Waals surface area (Å²) < 4.78 is 0. The van der Waals surface area contributed by atoms with Gasteiger partial charge in [0.2, 0.25) is 5.91 Å². The van der Waals surface area contributed by atoms with E-state index < -0.39 is 5.92 Å². The Morgan fingerprint density at radius 2 is 1.70 bits per heavy atom. The normalized spacial score (nSPS) is 11.9. The van der Waals surface area contributed by atoms with Gasteiger partial charge in [-0.15, -0.1) is 0 Å². The van der Waals surface area contributed by atoms with E-state index in [0.717, 1.165) is 11.3 Å². The smallest absolute Gasteiger partial charge is 0.231 e. The maximum Gasteiger partial charge on any atom is 0.231 e. The van der Waals surface area contributed by atoms with Crippen LogP contribution in [-0.2, 0) is 4.79 Å². The van der Waals surface area contributed by atoms with Crippen LogP contribution >= 0.6 is 0 Å². The van der Waals surface area contributed by atoms with Crippen molar-refractivity contribution in [1.29, 1.82) is 0 Å². The van der Waals surface area contributed by atoms with Gasteiger partial charge in [0.25, 0.3) is 0 Å². The maximum atomic E-state index is 12.1. The van der Waals surface area contributed by atoms with Crippen LogP contribution in [0.4, 0.5) is 5.69 Å². The molecule has 0 aliphatic carbocycles. The molecule has 0 radical (unpaired) electrons. The zero-order valence-electron chi connectivity index (χ0n) is 11.4. The lowest BCUT2D eigenvalue weighted by Gasteiger charge is -2.13. The molecule has 0 fully saturated rings. The lowest BCUT2D eigenvalue weighted by atomic mass is 9.99. The fraction of sp³-hybridized carbons (Fsp3) is 0.188. The molecular weight excluding hydrogens is 254 g/mol. The summed E-state index contributed by atoms with van der Waals surface area (Å²) >= 11 is 0. The SMILES string of the molecule is Cc1ccc(NC(=O)C(C)c2ccc(O)c(O)c2)cc1. The van der Waals surface area contributed by atoms with Gasteiger partial charge in [-0.1, -0.05) is 23.8 Å². The van der Waals surface area contributed by atoms with Gasteiger partial charge in [0, 0.05) is 5.69 Å². The van der Waals surface area contributed by atoms with Crippen molar-refractivity contribution in [2.24, 2.45) is 0 Å². The van der Waals surface area contributed by atoms with Crippen LogP contribution in [0, 0.1) is 6.92 Å². The van der Waals surface area contributed by atoms with E-state index in [0.29, 0.717) is 5.56 Å². The molecule has 2 aromatic rings. The second-order valence-corrected chi connectivity index (χ2v) is 4.83. The Morgan fingerprint density at radius 1 is 1.05 bits per heavy atom. The molecule has 1 atom stereocenters. The van der Waals surface area contributed by atoms with Crippen molar-refractivity contribution < 1.29 is 15.0 Å². The van der Waals surface area contributed by atoms with Crippen LogP contribution in [0.15, 0.2) is 42.5 Å². The van der Waals surface area contributed by atoms with E-state index >= 15 is 0 Å². The Kier molecular flexibility index (Phi) is 3.94. The number of aryl methyl sites for hydroxylation is 1. The van der Waals surface area contributed by atoms with Crippen LogP contribution < -0.4 is 5.32 Å². The van der Waals surface area contributed by atoms with E-state index in [1.807, 2.05) is 31.2 Å². The highest BCUT2D eigenvalue weighted by molar-refractivity contribution is 5.95. The number of carbonyl (C=O) groups excluding carboxylic acids is 1. The fourth-order valence-corrected chi connectivity index (χ4v) is 1.85. The van der Waals surface area contributed by atoms with Crippen LogP contribution in [0.1, 0.15) is 24.0 Å². The van der Waals surface area contributed by atoms with Crippen molar-refractivity contribution in [3.63, 3.8) is 0 Å². The molecule has 4 nitrogen and oxygen atoms in total. The number of carbonyl (C=O) groups is 1. The summed E-state index contributed by atoms with van der Waals surface area (Å²) in [6, 6.07) is 11.9. The lowest BCUT2D eigenvalue weighted by Crippen LogP contribution is -2.18. The van der Waals surface area contributed by atoms with Gasteiger partial charge in [0.05, 0.1) is 5.92 Å². The maximum absolute atomic E-state index is 12.1. The first-order chi connectivity index (χ1) is 9.47. The van der Waals surface area contributed by atoms with E-state index in [9.17, 15) is 15.0 Å². The topological polar surface area (TPSA) is 69.6 Å². The molecular formula is C16H17NO3. The molecule has 0 heterocycles. The van der Waals surface area contributed by atoms with Crippen LogP contribution in [0.5, 0.6) is 11.5 Å². The van der Waals surface area contributed by atoms with Crippen LogP contribution in [0.3, 0.4) is 0 Å². The minimum atomic E-state index is -0.428. The number of nitrogens with one attached hydrogen (secondary N) is 1. The molecule has 0 aliphatic rings.